The number of benzene rings is 1. The lowest BCUT2D eigenvalue weighted by molar-refractivity contribution is -0.140. The highest BCUT2D eigenvalue weighted by molar-refractivity contribution is 6.01. The molecule has 1 atom stereocenters. The Morgan fingerprint density at radius 1 is 1.45 bits per heavy atom. The number of piperidine rings is 1. The van der Waals surface area contributed by atoms with Crippen LogP contribution in [-0.4, -0.2) is 21.4 Å². The second-order valence-corrected chi connectivity index (χ2v) is 5.05. The molecule has 1 aromatic carbocycles. The molecule has 7 nitrogen and oxygen atoms in total. The molecule has 0 spiro atoms. The van der Waals surface area contributed by atoms with Gasteiger partial charge in [-0.15, -0.1) is 0 Å². The van der Waals surface area contributed by atoms with Crippen LogP contribution in [0.5, 0.6) is 0 Å². The summed E-state index contributed by atoms with van der Waals surface area (Å²) in [4.78, 5) is 41.6. The first-order valence-electron chi connectivity index (χ1n) is 9.48. The van der Waals surface area contributed by atoms with Gasteiger partial charge in [-0.2, -0.15) is 0 Å². The van der Waals surface area contributed by atoms with E-state index in [1.807, 2.05) is 5.32 Å². The predicted molar refractivity (Wildman–Crippen MR) is 81.2 cm³/mol. The molecule has 7 heteroatoms. The van der Waals surface area contributed by atoms with Gasteiger partial charge in [-0.25, -0.2) is 4.98 Å². The molecule has 0 unspecified atom stereocenters. The third-order valence-electron chi connectivity index (χ3n) is 3.62. The van der Waals surface area contributed by atoms with Gasteiger partial charge in [-0.1, -0.05) is 6.04 Å². The fourth-order valence-corrected chi connectivity index (χ4v) is 2.54. The van der Waals surface area contributed by atoms with Gasteiger partial charge in [0.2, 0.25) is 5.91 Å². The molecule has 0 radical (unpaired) electrons. The number of carbonyl (C=O) groups excluding carboxylic acids is 2. The van der Waals surface area contributed by atoms with Crippen LogP contribution in [0.2, 0.25) is 0 Å². The molecular formula is C15H16N4O3. The Morgan fingerprint density at radius 2 is 2.23 bits per heavy atom. The molecule has 1 saturated heterocycles. The highest BCUT2D eigenvalue weighted by Gasteiger charge is 2.42. The quantitative estimate of drug-likeness (QED) is 0.587. The van der Waals surface area contributed by atoms with Crippen molar-refractivity contribution in [1.82, 2.24) is 14.9 Å². The molecule has 0 aliphatic carbocycles. The highest BCUT2D eigenvalue weighted by Crippen LogP contribution is 2.27. The van der Waals surface area contributed by atoms with Crippen molar-refractivity contribution in [2.45, 2.75) is 32.2 Å². The Labute approximate surface area is 134 Å². The Kier molecular flexibility index (Phi) is 1.84. The van der Waals surface area contributed by atoms with E-state index in [4.69, 9.17) is 14.0 Å². The van der Waals surface area contributed by atoms with Crippen LogP contribution in [0.15, 0.2) is 22.9 Å². The molecule has 1 aromatic heterocycles. The number of nitrogens with two attached hydrogens (primary N) is 1. The number of rotatable bonds is 1. The van der Waals surface area contributed by atoms with E-state index in [2.05, 4.69) is 4.98 Å². The normalized spacial score (nSPS) is 26.4. The third-order valence-corrected chi connectivity index (χ3v) is 3.62. The van der Waals surface area contributed by atoms with Gasteiger partial charge in [0.25, 0.3) is 11.5 Å². The smallest absolute Gasteiger partial charge is 0.264 e. The van der Waals surface area contributed by atoms with Crippen molar-refractivity contribution >= 4 is 28.4 Å². The van der Waals surface area contributed by atoms with E-state index in [1.54, 1.807) is 0 Å². The molecule has 1 aliphatic rings. The lowest BCUT2D eigenvalue weighted by Gasteiger charge is -2.34. The van der Waals surface area contributed by atoms with E-state index in [9.17, 15) is 14.4 Å². The van der Waals surface area contributed by atoms with Gasteiger partial charge in [-0.3, -0.25) is 24.3 Å². The zero-order chi connectivity index (χ0) is 21.2. The number of imide groups is 1. The summed E-state index contributed by atoms with van der Waals surface area (Å²) in [5, 5.41) is 1.55. The highest BCUT2D eigenvalue weighted by atomic mass is 16.2. The van der Waals surface area contributed by atoms with Crippen molar-refractivity contribution in [2.24, 2.45) is 0 Å². The zero-order valence-electron chi connectivity index (χ0n) is 17.6. The molecule has 3 rings (SSSR count). The Bertz CT molecular complexity index is 1110. The Hall–Kier alpha value is -2.70. The Balaban J connectivity index is 2.51. The molecular weight excluding hydrogens is 284 g/mol. The Morgan fingerprint density at radius 3 is 2.91 bits per heavy atom. The second kappa shape index (κ2) is 4.66. The number of nitrogen functional groups attached to an aromatic ring is 1. The number of anilines is 1. The first-order chi connectivity index (χ1) is 12.8. The summed E-state index contributed by atoms with van der Waals surface area (Å²) >= 11 is 0. The zero-order valence-corrected chi connectivity index (χ0v) is 11.6. The summed E-state index contributed by atoms with van der Waals surface area (Å²) in [7, 11) is 0. The number of amides is 2. The molecule has 1 aliphatic heterocycles. The fraction of sp³-hybridized carbons (Fsp3) is 0.333. The molecule has 2 aromatic rings. The summed E-state index contributed by atoms with van der Waals surface area (Å²) in [6, 6.07) is -1.61. The van der Waals surface area contributed by atoms with Crippen LogP contribution in [0.25, 0.3) is 10.9 Å². The van der Waals surface area contributed by atoms with Gasteiger partial charge < -0.3 is 5.73 Å². The van der Waals surface area contributed by atoms with Crippen LogP contribution in [0.4, 0.5) is 5.69 Å². The second-order valence-electron chi connectivity index (χ2n) is 5.05. The van der Waals surface area contributed by atoms with Crippen LogP contribution in [0.1, 0.15) is 33.7 Å². The fourth-order valence-electron chi connectivity index (χ4n) is 2.54. The van der Waals surface area contributed by atoms with Crippen molar-refractivity contribution in [2.75, 3.05) is 5.73 Å². The van der Waals surface area contributed by atoms with Crippen molar-refractivity contribution < 1.29 is 17.8 Å². The van der Waals surface area contributed by atoms with Crippen molar-refractivity contribution in [3.8, 4) is 0 Å². The first-order valence-corrected chi connectivity index (χ1v) is 6.48. The molecule has 0 saturated carbocycles. The minimum absolute atomic E-state index is 0.192. The number of carbonyl (C=O) groups is 2. The van der Waals surface area contributed by atoms with Crippen molar-refractivity contribution in [3.63, 3.8) is 0 Å². The van der Waals surface area contributed by atoms with Crippen LogP contribution in [0.3, 0.4) is 0 Å². The number of hydrogen-bond donors (Lipinski definition) is 2. The molecule has 3 N–H and O–H groups in total. The number of aryl methyl sites for hydroxylation is 1. The van der Waals surface area contributed by atoms with Crippen molar-refractivity contribution in [3.05, 3.63) is 34.3 Å². The van der Waals surface area contributed by atoms with Gasteiger partial charge in [0.1, 0.15) is 11.4 Å². The number of aromatic nitrogens is 2. The van der Waals surface area contributed by atoms with Gasteiger partial charge in [-0.05, 0) is 32.3 Å². The average molecular weight is 306 g/mol. The van der Waals surface area contributed by atoms with Gasteiger partial charge in [0.15, 0.2) is 0 Å². The maximum Gasteiger partial charge on any atom is 0.264 e. The van der Waals surface area contributed by atoms with E-state index in [0.717, 1.165) is 0 Å². The maximum absolute atomic E-state index is 13.3. The third kappa shape index (κ3) is 1.89. The number of nitrogens with one attached hydrogen (secondary N) is 1. The average Bonchev–Trinajstić information content (AvgIpc) is 2.58. The summed E-state index contributed by atoms with van der Waals surface area (Å²) in [5.41, 5.74) is 1.68. The lowest BCUT2D eigenvalue weighted by Crippen LogP contribution is -2.56. The monoisotopic (exact) mass is 306 g/mol. The predicted octanol–water partition coefficient (Wildman–Crippen LogP) is 0.439. The summed E-state index contributed by atoms with van der Waals surface area (Å²) in [6.45, 7) is -1.73. The number of nitrogens with zero attached hydrogens (tertiary/aromatic N) is 2. The van der Waals surface area contributed by atoms with E-state index >= 15 is 0 Å². The van der Waals surface area contributed by atoms with E-state index in [1.165, 1.54) is 6.92 Å². The maximum atomic E-state index is 13.3. The standard InChI is InChI=1S/C15H16N4O3/c1-8-17-10-5-3-4-9(16)12(10)13(21)19(8)15(2)7-6-11(20)18-14(15)22/h3-5H,6-7,16H2,1-2H3,(H,18,20,22)/t15-/m1/s1/i2D3,3D,4D,5D. The molecule has 0 bridgehead atoms. The largest absolute Gasteiger partial charge is 0.398 e. The van der Waals surface area contributed by atoms with Crippen LogP contribution in [-0.2, 0) is 15.1 Å². The molecule has 1 fully saturated rings. The van der Waals surface area contributed by atoms with E-state index in [-0.39, 0.29) is 17.8 Å². The molecule has 2 heterocycles. The molecule has 114 valence electrons. The summed E-state index contributed by atoms with van der Waals surface area (Å²) in [6.07, 6.45) is -0.761. The summed E-state index contributed by atoms with van der Waals surface area (Å²) in [5.74, 6) is -2.02. The summed E-state index contributed by atoms with van der Waals surface area (Å²) < 4.78 is 48.0. The van der Waals surface area contributed by atoms with Crippen LogP contribution >= 0.6 is 0 Å². The van der Waals surface area contributed by atoms with E-state index in [0.29, 0.717) is 4.57 Å². The number of hydrogen-bond acceptors (Lipinski definition) is 5. The van der Waals surface area contributed by atoms with Gasteiger partial charge >= 0.3 is 0 Å². The van der Waals surface area contributed by atoms with Crippen LogP contribution in [0, 0.1) is 6.92 Å². The minimum atomic E-state index is -3.01. The lowest BCUT2D eigenvalue weighted by atomic mass is 9.90. The van der Waals surface area contributed by atoms with E-state index < -0.39 is 65.4 Å². The molecule has 2 amide bonds. The van der Waals surface area contributed by atoms with Crippen LogP contribution < -0.4 is 16.6 Å². The number of fused-ring (bicyclic) bond motifs is 1. The van der Waals surface area contributed by atoms with Crippen molar-refractivity contribution in [1.29, 1.82) is 0 Å². The van der Waals surface area contributed by atoms with Gasteiger partial charge in [0.05, 0.1) is 15.0 Å². The molecule has 22 heavy (non-hydrogen) atoms. The first kappa shape index (κ1) is 8.67. The topological polar surface area (TPSA) is 107 Å². The van der Waals surface area contributed by atoms with Gasteiger partial charge in [0, 0.05) is 16.2 Å². The minimum Gasteiger partial charge on any atom is -0.398 e. The SMILES string of the molecule is [2H]c1c([2H])c(N)c2c(=O)n([C@]3(C([2H])([2H])[2H])CCC(=O)NC3=O)c(C)nc2c1[2H].